The number of rotatable bonds is 3. The fourth-order valence-electron chi connectivity index (χ4n) is 3.08. The molecule has 0 radical (unpaired) electrons. The van der Waals surface area contributed by atoms with Gasteiger partial charge in [-0.1, -0.05) is 23.7 Å². The maximum atomic E-state index is 15.5. The third-order valence-corrected chi connectivity index (χ3v) is 4.91. The average molecular weight is 385 g/mol. The molecule has 0 bridgehead atoms. The summed E-state index contributed by atoms with van der Waals surface area (Å²) in [5.41, 5.74) is -3.87. The number of hydrogen-bond donors (Lipinski definition) is 2. The van der Waals surface area contributed by atoms with E-state index in [9.17, 15) is 18.7 Å². The van der Waals surface area contributed by atoms with Gasteiger partial charge in [-0.25, -0.2) is 13.2 Å². The first-order valence-corrected chi connectivity index (χ1v) is 8.32. The van der Waals surface area contributed by atoms with Crippen molar-refractivity contribution in [2.24, 2.45) is 0 Å². The highest BCUT2D eigenvalue weighted by molar-refractivity contribution is 6.30. The molecular formula is C18H16ClF3N2O2. The fraction of sp³-hybridized carbons (Fsp3) is 0.333. The zero-order chi connectivity index (χ0) is 19.1. The van der Waals surface area contributed by atoms with Crippen LogP contribution in [0.4, 0.5) is 13.2 Å². The monoisotopic (exact) mass is 384 g/mol. The van der Waals surface area contributed by atoms with Crippen molar-refractivity contribution in [3.63, 3.8) is 0 Å². The normalized spacial score (nSPS) is 24.8. The number of benzene rings is 1. The summed E-state index contributed by atoms with van der Waals surface area (Å²) in [6.45, 7) is 1.10. The Kier molecular flexibility index (Phi) is 4.71. The van der Waals surface area contributed by atoms with Gasteiger partial charge in [0.2, 0.25) is 5.67 Å². The van der Waals surface area contributed by atoms with E-state index in [1.165, 1.54) is 31.3 Å². The molecule has 0 saturated heterocycles. The van der Waals surface area contributed by atoms with Gasteiger partial charge >= 0.3 is 0 Å². The van der Waals surface area contributed by atoms with Gasteiger partial charge in [-0.05, 0) is 31.9 Å². The molecular weight excluding hydrogens is 369 g/mol. The minimum Gasteiger partial charge on any atom is -0.384 e. The molecule has 2 N–H and O–H groups in total. The SMILES string of the molecule is CC1(O)CCC(F)(C(=O)NCc2ccc(Cl)c(F)c2F)c2cccnc21. The largest absolute Gasteiger partial charge is 0.384 e. The van der Waals surface area contributed by atoms with Crippen molar-refractivity contribution in [2.45, 2.75) is 37.6 Å². The van der Waals surface area contributed by atoms with Gasteiger partial charge < -0.3 is 10.4 Å². The number of amides is 1. The molecule has 138 valence electrons. The number of alkyl halides is 1. The molecule has 1 aliphatic carbocycles. The second kappa shape index (κ2) is 6.55. The maximum absolute atomic E-state index is 15.5. The highest BCUT2D eigenvalue weighted by Gasteiger charge is 2.50. The second-order valence-corrected chi connectivity index (χ2v) is 6.90. The van der Waals surface area contributed by atoms with Gasteiger partial charge in [0.1, 0.15) is 5.60 Å². The van der Waals surface area contributed by atoms with Crippen molar-refractivity contribution in [3.8, 4) is 0 Å². The van der Waals surface area contributed by atoms with E-state index in [4.69, 9.17) is 11.6 Å². The Morgan fingerprint density at radius 2 is 2.04 bits per heavy atom. The Balaban J connectivity index is 1.85. The lowest BCUT2D eigenvalue weighted by molar-refractivity contribution is -0.136. The summed E-state index contributed by atoms with van der Waals surface area (Å²) in [7, 11) is 0. The van der Waals surface area contributed by atoms with E-state index in [0.717, 1.165) is 6.07 Å². The Morgan fingerprint density at radius 1 is 1.31 bits per heavy atom. The molecule has 1 heterocycles. The molecule has 2 aromatic rings. The lowest BCUT2D eigenvalue weighted by Gasteiger charge is -2.37. The summed E-state index contributed by atoms with van der Waals surface area (Å²) in [5.74, 6) is -3.42. The third-order valence-electron chi connectivity index (χ3n) is 4.62. The van der Waals surface area contributed by atoms with Gasteiger partial charge in [0.25, 0.3) is 5.91 Å². The zero-order valence-corrected chi connectivity index (χ0v) is 14.6. The van der Waals surface area contributed by atoms with E-state index in [2.05, 4.69) is 10.3 Å². The lowest BCUT2D eigenvalue weighted by atomic mass is 9.75. The molecule has 3 rings (SSSR count). The van der Waals surface area contributed by atoms with Crippen molar-refractivity contribution in [1.82, 2.24) is 10.3 Å². The molecule has 26 heavy (non-hydrogen) atoms. The van der Waals surface area contributed by atoms with Crippen molar-refractivity contribution in [1.29, 1.82) is 0 Å². The van der Waals surface area contributed by atoms with E-state index in [1.807, 2.05) is 0 Å². The number of fused-ring (bicyclic) bond motifs is 1. The highest BCUT2D eigenvalue weighted by atomic mass is 35.5. The zero-order valence-electron chi connectivity index (χ0n) is 13.8. The molecule has 1 aromatic carbocycles. The number of carbonyl (C=O) groups is 1. The van der Waals surface area contributed by atoms with E-state index >= 15 is 4.39 Å². The molecule has 0 saturated carbocycles. The molecule has 8 heteroatoms. The van der Waals surface area contributed by atoms with Gasteiger partial charge in [0.05, 0.1) is 10.7 Å². The van der Waals surface area contributed by atoms with Crippen LogP contribution >= 0.6 is 11.6 Å². The van der Waals surface area contributed by atoms with Crippen molar-refractivity contribution in [2.75, 3.05) is 0 Å². The standard InChI is InChI=1S/C18H16ClF3N2O2/c1-17(26)6-7-18(22,11-3-2-8-23-15(11)17)16(25)24-9-10-4-5-12(19)14(21)13(10)20/h2-5,8,26H,6-7,9H2,1H3,(H,24,25). The lowest BCUT2D eigenvalue weighted by Crippen LogP contribution is -2.47. The van der Waals surface area contributed by atoms with Crippen LogP contribution in [0.2, 0.25) is 5.02 Å². The number of pyridine rings is 1. The van der Waals surface area contributed by atoms with Crippen LogP contribution in [0.15, 0.2) is 30.5 Å². The summed E-state index contributed by atoms with van der Waals surface area (Å²) in [5, 5.41) is 12.3. The Labute approximate surface area is 153 Å². The van der Waals surface area contributed by atoms with Crippen LogP contribution in [0, 0.1) is 11.6 Å². The van der Waals surface area contributed by atoms with Crippen LogP contribution in [-0.2, 0) is 22.6 Å². The minimum absolute atomic E-state index is 0.00906. The number of halogens is 4. The topological polar surface area (TPSA) is 62.2 Å². The van der Waals surface area contributed by atoms with Crippen LogP contribution in [0.3, 0.4) is 0 Å². The highest BCUT2D eigenvalue weighted by Crippen LogP contribution is 2.45. The second-order valence-electron chi connectivity index (χ2n) is 6.49. The van der Waals surface area contributed by atoms with E-state index in [0.29, 0.717) is 0 Å². The number of aromatic nitrogens is 1. The Hall–Kier alpha value is -2.12. The first-order valence-electron chi connectivity index (χ1n) is 7.95. The van der Waals surface area contributed by atoms with Crippen molar-refractivity contribution >= 4 is 17.5 Å². The molecule has 1 aliphatic rings. The van der Waals surface area contributed by atoms with Crippen LogP contribution in [0.5, 0.6) is 0 Å². The molecule has 0 fully saturated rings. The number of aliphatic hydroxyl groups is 1. The van der Waals surface area contributed by atoms with E-state index in [1.54, 1.807) is 0 Å². The summed E-state index contributed by atoms with van der Waals surface area (Å²) in [6.07, 6.45) is 1.13. The van der Waals surface area contributed by atoms with Crippen LogP contribution < -0.4 is 5.32 Å². The summed E-state index contributed by atoms with van der Waals surface area (Å²) in [6, 6.07) is 5.23. The molecule has 4 nitrogen and oxygen atoms in total. The quantitative estimate of drug-likeness (QED) is 0.796. The minimum atomic E-state index is -2.42. The van der Waals surface area contributed by atoms with Gasteiger partial charge in [-0.3, -0.25) is 9.78 Å². The number of nitrogens with zero attached hydrogens (tertiary/aromatic N) is 1. The van der Waals surface area contributed by atoms with Crippen LogP contribution in [-0.4, -0.2) is 16.0 Å². The van der Waals surface area contributed by atoms with Gasteiger partial charge in [-0.2, -0.15) is 0 Å². The van der Waals surface area contributed by atoms with Gasteiger partial charge in [0.15, 0.2) is 11.6 Å². The number of carbonyl (C=O) groups excluding carboxylic acids is 1. The van der Waals surface area contributed by atoms with Gasteiger partial charge in [0, 0.05) is 23.9 Å². The summed E-state index contributed by atoms with van der Waals surface area (Å²) >= 11 is 5.48. The molecule has 0 aliphatic heterocycles. The molecule has 1 aromatic heterocycles. The van der Waals surface area contributed by atoms with Crippen LogP contribution in [0.1, 0.15) is 36.6 Å². The smallest absolute Gasteiger partial charge is 0.262 e. The molecule has 2 atom stereocenters. The molecule has 0 spiro atoms. The van der Waals surface area contributed by atoms with Crippen molar-refractivity contribution < 1.29 is 23.1 Å². The third kappa shape index (κ3) is 3.05. The first kappa shape index (κ1) is 18.7. The Morgan fingerprint density at radius 3 is 2.77 bits per heavy atom. The maximum Gasteiger partial charge on any atom is 0.262 e. The first-order chi connectivity index (χ1) is 12.2. The van der Waals surface area contributed by atoms with Gasteiger partial charge in [-0.15, -0.1) is 0 Å². The molecule has 1 amide bonds. The van der Waals surface area contributed by atoms with E-state index in [-0.39, 0.29) is 34.7 Å². The predicted molar refractivity (Wildman–Crippen MR) is 89.0 cm³/mol. The van der Waals surface area contributed by atoms with E-state index < -0.39 is 35.4 Å². The summed E-state index contributed by atoms with van der Waals surface area (Å²) in [4.78, 5) is 16.5. The molecule has 2 unspecified atom stereocenters. The number of hydrogen-bond acceptors (Lipinski definition) is 3. The van der Waals surface area contributed by atoms with Crippen LogP contribution in [0.25, 0.3) is 0 Å². The van der Waals surface area contributed by atoms with Crippen molar-refractivity contribution in [3.05, 3.63) is 63.9 Å². The number of nitrogens with one attached hydrogen (secondary N) is 1. The Bertz CT molecular complexity index is 876. The predicted octanol–water partition coefficient (Wildman–Crippen LogP) is 3.50. The fourth-order valence-corrected chi connectivity index (χ4v) is 3.22. The average Bonchev–Trinajstić information content (AvgIpc) is 2.62. The summed E-state index contributed by atoms with van der Waals surface area (Å²) < 4.78 is 42.8.